The van der Waals surface area contributed by atoms with Gasteiger partial charge in [0, 0.05) is 42.0 Å². The first-order valence-corrected chi connectivity index (χ1v) is 10.3. The molecule has 3 aromatic rings. The molecule has 1 saturated heterocycles. The Morgan fingerprint density at radius 2 is 1.90 bits per heavy atom. The summed E-state index contributed by atoms with van der Waals surface area (Å²) in [4.78, 5) is 14.9. The maximum absolute atomic E-state index is 13.0. The first-order valence-electron chi connectivity index (χ1n) is 9.92. The van der Waals surface area contributed by atoms with E-state index in [4.69, 9.17) is 16.7 Å². The molecule has 0 aliphatic carbocycles. The molecule has 4 rings (SSSR count). The molecule has 1 aliphatic heterocycles. The van der Waals surface area contributed by atoms with Gasteiger partial charge in [0.05, 0.1) is 17.8 Å². The molecule has 150 valence electrons. The van der Waals surface area contributed by atoms with Crippen molar-refractivity contribution >= 4 is 17.5 Å². The number of amides is 1. The standard InChI is InChI=1S/C23H24ClN3O2/c24-20-10-8-18(9-11-20)23-19(15-27(25-23)21-6-2-1-3-7-21)13-22(29)26-12-4-5-17(14-26)16-28/h1-3,6-11,15,17,28H,4-5,12-14,16H2. The predicted molar refractivity (Wildman–Crippen MR) is 114 cm³/mol. The van der Waals surface area contributed by atoms with Crippen LogP contribution in [0.1, 0.15) is 18.4 Å². The van der Waals surface area contributed by atoms with E-state index in [-0.39, 0.29) is 24.9 Å². The van der Waals surface area contributed by atoms with Crippen molar-refractivity contribution in [3.8, 4) is 16.9 Å². The summed E-state index contributed by atoms with van der Waals surface area (Å²) in [5, 5.41) is 14.9. The minimum absolute atomic E-state index is 0.0750. The van der Waals surface area contributed by atoms with Crippen molar-refractivity contribution in [2.45, 2.75) is 19.3 Å². The highest BCUT2D eigenvalue weighted by atomic mass is 35.5. The minimum atomic E-state index is 0.0750. The average Bonchev–Trinajstić information content (AvgIpc) is 3.18. The number of benzene rings is 2. The Morgan fingerprint density at radius 3 is 2.62 bits per heavy atom. The maximum atomic E-state index is 13.0. The van der Waals surface area contributed by atoms with Crippen LogP contribution in [0.2, 0.25) is 5.02 Å². The normalized spacial score (nSPS) is 16.8. The second-order valence-electron chi connectivity index (χ2n) is 7.50. The van der Waals surface area contributed by atoms with Gasteiger partial charge in [0.2, 0.25) is 5.91 Å². The molecule has 0 radical (unpaired) electrons. The molecule has 29 heavy (non-hydrogen) atoms. The number of nitrogens with zero attached hydrogens (tertiary/aromatic N) is 3. The van der Waals surface area contributed by atoms with Crippen molar-refractivity contribution in [2.24, 2.45) is 5.92 Å². The van der Waals surface area contributed by atoms with Gasteiger partial charge in [-0.15, -0.1) is 0 Å². The number of likely N-dealkylation sites (tertiary alicyclic amines) is 1. The third-order valence-corrected chi connectivity index (χ3v) is 5.65. The van der Waals surface area contributed by atoms with Gasteiger partial charge in [-0.3, -0.25) is 4.79 Å². The van der Waals surface area contributed by atoms with E-state index in [9.17, 15) is 9.90 Å². The molecular weight excluding hydrogens is 386 g/mol. The van der Waals surface area contributed by atoms with Gasteiger partial charge >= 0.3 is 0 Å². The monoisotopic (exact) mass is 409 g/mol. The van der Waals surface area contributed by atoms with E-state index in [0.29, 0.717) is 11.6 Å². The number of aliphatic hydroxyl groups excluding tert-OH is 1. The average molecular weight is 410 g/mol. The van der Waals surface area contributed by atoms with E-state index in [1.165, 1.54) is 0 Å². The largest absolute Gasteiger partial charge is 0.396 e. The van der Waals surface area contributed by atoms with Gasteiger partial charge in [0.1, 0.15) is 0 Å². The molecule has 1 amide bonds. The van der Waals surface area contributed by atoms with Gasteiger partial charge in [-0.25, -0.2) is 4.68 Å². The van der Waals surface area contributed by atoms with E-state index in [1.54, 1.807) is 0 Å². The van der Waals surface area contributed by atoms with Crippen LogP contribution in [0.3, 0.4) is 0 Å². The molecule has 1 aromatic heterocycles. The number of piperidine rings is 1. The van der Waals surface area contributed by atoms with Gasteiger partial charge in [-0.05, 0) is 43.0 Å². The Kier molecular flexibility index (Phi) is 5.97. The zero-order chi connectivity index (χ0) is 20.2. The summed E-state index contributed by atoms with van der Waals surface area (Å²) >= 11 is 6.05. The Balaban J connectivity index is 1.64. The number of carbonyl (C=O) groups is 1. The van der Waals surface area contributed by atoms with Gasteiger partial charge in [-0.2, -0.15) is 5.10 Å². The molecule has 0 saturated carbocycles. The quantitative estimate of drug-likeness (QED) is 0.693. The first-order chi connectivity index (χ1) is 14.1. The van der Waals surface area contributed by atoms with Crippen molar-refractivity contribution in [3.05, 3.63) is 71.4 Å². The highest BCUT2D eigenvalue weighted by Crippen LogP contribution is 2.26. The van der Waals surface area contributed by atoms with Crippen LogP contribution in [0.4, 0.5) is 0 Å². The van der Waals surface area contributed by atoms with Crippen LogP contribution in [0.15, 0.2) is 60.8 Å². The number of para-hydroxylation sites is 1. The minimum Gasteiger partial charge on any atom is -0.396 e. The molecule has 1 N–H and O–H groups in total. The number of aromatic nitrogens is 2. The molecule has 0 spiro atoms. The van der Waals surface area contributed by atoms with E-state index in [1.807, 2.05) is 70.4 Å². The summed E-state index contributed by atoms with van der Waals surface area (Å²) in [6.45, 7) is 1.50. The Morgan fingerprint density at radius 1 is 1.14 bits per heavy atom. The third-order valence-electron chi connectivity index (χ3n) is 5.40. The van der Waals surface area contributed by atoms with Gasteiger partial charge < -0.3 is 10.0 Å². The zero-order valence-electron chi connectivity index (χ0n) is 16.2. The SMILES string of the molecule is O=C(Cc1cn(-c2ccccc2)nc1-c1ccc(Cl)cc1)N1CCCC(CO)C1. The summed E-state index contributed by atoms with van der Waals surface area (Å²) in [5.74, 6) is 0.251. The van der Waals surface area contributed by atoms with E-state index < -0.39 is 0 Å². The van der Waals surface area contributed by atoms with Crippen molar-refractivity contribution in [1.29, 1.82) is 0 Å². The Labute approximate surface area is 175 Å². The van der Waals surface area contributed by atoms with Crippen molar-refractivity contribution in [3.63, 3.8) is 0 Å². The highest BCUT2D eigenvalue weighted by molar-refractivity contribution is 6.30. The first kappa shape index (κ1) is 19.7. The number of aliphatic hydroxyl groups is 1. The lowest BCUT2D eigenvalue weighted by Gasteiger charge is -2.31. The number of halogens is 1. The number of rotatable bonds is 5. The van der Waals surface area contributed by atoms with Gasteiger partial charge in [0.25, 0.3) is 0 Å². The lowest BCUT2D eigenvalue weighted by molar-refractivity contribution is -0.132. The van der Waals surface area contributed by atoms with Crippen LogP contribution in [-0.2, 0) is 11.2 Å². The van der Waals surface area contributed by atoms with E-state index in [2.05, 4.69) is 0 Å². The molecule has 1 atom stereocenters. The molecule has 5 nitrogen and oxygen atoms in total. The van der Waals surface area contributed by atoms with Crippen molar-refractivity contribution in [2.75, 3.05) is 19.7 Å². The van der Waals surface area contributed by atoms with Crippen molar-refractivity contribution < 1.29 is 9.90 Å². The Bertz CT molecular complexity index is 970. The number of hydrogen-bond acceptors (Lipinski definition) is 3. The highest BCUT2D eigenvalue weighted by Gasteiger charge is 2.25. The summed E-state index contributed by atoms with van der Waals surface area (Å²) in [5.41, 5.74) is 3.54. The van der Waals surface area contributed by atoms with Crippen LogP contribution in [-0.4, -0.2) is 45.4 Å². The Hall–Kier alpha value is -2.63. The van der Waals surface area contributed by atoms with Gasteiger partial charge in [0.15, 0.2) is 0 Å². The fourth-order valence-electron chi connectivity index (χ4n) is 3.82. The molecule has 0 bridgehead atoms. The molecule has 1 unspecified atom stereocenters. The smallest absolute Gasteiger partial charge is 0.227 e. The van der Waals surface area contributed by atoms with E-state index >= 15 is 0 Å². The number of hydrogen-bond donors (Lipinski definition) is 1. The fraction of sp³-hybridized carbons (Fsp3) is 0.304. The number of carbonyl (C=O) groups excluding carboxylic acids is 1. The molecular formula is C23H24ClN3O2. The zero-order valence-corrected chi connectivity index (χ0v) is 16.9. The molecule has 2 aromatic carbocycles. The molecule has 1 fully saturated rings. The van der Waals surface area contributed by atoms with Crippen LogP contribution in [0, 0.1) is 5.92 Å². The topological polar surface area (TPSA) is 58.4 Å². The summed E-state index contributed by atoms with van der Waals surface area (Å²) < 4.78 is 1.82. The van der Waals surface area contributed by atoms with Crippen LogP contribution in [0.5, 0.6) is 0 Å². The van der Waals surface area contributed by atoms with Crippen LogP contribution in [0.25, 0.3) is 16.9 Å². The van der Waals surface area contributed by atoms with E-state index in [0.717, 1.165) is 41.9 Å². The molecule has 1 aliphatic rings. The molecule has 2 heterocycles. The maximum Gasteiger partial charge on any atom is 0.227 e. The summed E-state index contributed by atoms with van der Waals surface area (Å²) in [6.07, 6.45) is 4.13. The summed E-state index contributed by atoms with van der Waals surface area (Å²) in [7, 11) is 0. The third kappa shape index (κ3) is 4.52. The van der Waals surface area contributed by atoms with Crippen LogP contribution < -0.4 is 0 Å². The lowest BCUT2D eigenvalue weighted by Crippen LogP contribution is -2.41. The molecule has 6 heteroatoms. The lowest BCUT2D eigenvalue weighted by atomic mass is 9.98. The van der Waals surface area contributed by atoms with Crippen LogP contribution >= 0.6 is 11.6 Å². The predicted octanol–water partition coefficient (Wildman–Crippen LogP) is 3.97. The van der Waals surface area contributed by atoms with Gasteiger partial charge in [-0.1, -0.05) is 41.9 Å². The second-order valence-corrected chi connectivity index (χ2v) is 7.93. The second kappa shape index (κ2) is 8.80. The fourth-order valence-corrected chi connectivity index (χ4v) is 3.94. The van der Waals surface area contributed by atoms with Crippen molar-refractivity contribution in [1.82, 2.24) is 14.7 Å². The summed E-state index contributed by atoms with van der Waals surface area (Å²) in [6, 6.07) is 17.4.